The first-order valence-electron chi connectivity index (χ1n) is 18.1. The molecule has 6 aliphatic heterocycles. The van der Waals surface area contributed by atoms with Crippen LogP contribution in [0.3, 0.4) is 0 Å². The van der Waals surface area contributed by atoms with Crippen LogP contribution in [-0.4, -0.2) is 59.0 Å². The van der Waals surface area contributed by atoms with Crippen LogP contribution in [0.4, 0.5) is 19.6 Å². The molecule has 0 saturated carbocycles. The molecule has 7 heterocycles. The number of thiophene rings is 1. The molecule has 3 aromatic rings. The van der Waals surface area contributed by atoms with Gasteiger partial charge in [-0.1, -0.05) is 60.7 Å². The van der Waals surface area contributed by atoms with Gasteiger partial charge in [0.25, 0.3) is 0 Å². The number of amides is 4. The van der Waals surface area contributed by atoms with Crippen molar-refractivity contribution in [3.05, 3.63) is 155 Å². The van der Waals surface area contributed by atoms with Gasteiger partial charge in [0.1, 0.15) is 13.2 Å². The Bertz CT molecular complexity index is 2020. The van der Waals surface area contributed by atoms with Crippen LogP contribution in [0.1, 0.15) is 36.8 Å². The fraction of sp³-hybridized carbons (Fsp3) is 0.238. The molecule has 9 rings (SSSR count). The summed E-state index contributed by atoms with van der Waals surface area (Å²) in [5, 5.41) is 1.47. The molecule has 0 unspecified atom stereocenters. The average Bonchev–Trinajstić information content (AvgIpc) is 4.07. The highest BCUT2D eigenvalue weighted by Crippen LogP contribution is 2.55. The molecule has 0 aliphatic carbocycles. The van der Waals surface area contributed by atoms with Gasteiger partial charge in [0.15, 0.2) is 34.9 Å². The number of fused-ring (bicyclic) bond motifs is 4. The Morgan fingerprint density at radius 1 is 0.566 bits per heavy atom. The zero-order chi connectivity index (χ0) is 36.2. The average molecular weight is 727 g/mol. The van der Waals surface area contributed by atoms with E-state index in [1.54, 1.807) is 9.80 Å². The van der Waals surface area contributed by atoms with Crippen molar-refractivity contribution in [2.45, 2.75) is 51.0 Å². The van der Waals surface area contributed by atoms with E-state index in [2.05, 4.69) is 0 Å². The highest BCUT2D eigenvalue weighted by Gasteiger charge is 2.61. The van der Waals surface area contributed by atoms with Crippen LogP contribution < -0.4 is 8.97 Å². The number of likely N-dealkylation sites (tertiary alicyclic amines) is 2. The largest absolute Gasteiger partial charge is 0.445 e. The molecule has 10 nitrogen and oxygen atoms in total. The zero-order valence-electron chi connectivity index (χ0n) is 29.0. The predicted octanol–water partition coefficient (Wildman–Crippen LogP) is 7.72. The molecule has 6 aliphatic rings. The Balaban J connectivity index is 1.02. The minimum atomic E-state index is -0.692. The summed E-state index contributed by atoms with van der Waals surface area (Å²) in [5.41, 5.74) is 4.94. The van der Waals surface area contributed by atoms with Gasteiger partial charge < -0.3 is 9.47 Å². The third-order valence-corrected chi connectivity index (χ3v) is 12.3. The van der Waals surface area contributed by atoms with Crippen molar-refractivity contribution in [3.63, 3.8) is 0 Å². The van der Waals surface area contributed by atoms with Gasteiger partial charge in [-0.25, -0.2) is 19.2 Å². The van der Waals surface area contributed by atoms with Gasteiger partial charge in [-0.05, 0) is 48.1 Å². The first kappa shape index (κ1) is 33.2. The van der Waals surface area contributed by atoms with Gasteiger partial charge in [-0.3, -0.25) is 9.80 Å². The summed E-state index contributed by atoms with van der Waals surface area (Å²) < 4.78 is 11.1. The van der Waals surface area contributed by atoms with E-state index in [1.807, 2.05) is 121 Å². The quantitative estimate of drug-likeness (QED) is 0.221. The summed E-state index contributed by atoms with van der Waals surface area (Å²) in [6.07, 6.45) is 17.1. The molecule has 1 aromatic heterocycles. The molecular weight excluding hydrogens is 689 g/mol. The van der Waals surface area contributed by atoms with Crippen LogP contribution in [0.2, 0.25) is 0 Å². The Labute approximate surface area is 311 Å². The third-order valence-electron chi connectivity index (χ3n) is 11.1. The second-order valence-corrected chi connectivity index (χ2v) is 15.0. The molecule has 0 spiro atoms. The van der Waals surface area contributed by atoms with Crippen LogP contribution >= 0.6 is 11.3 Å². The van der Waals surface area contributed by atoms with Crippen LogP contribution in [0.25, 0.3) is 0 Å². The van der Waals surface area contributed by atoms with Gasteiger partial charge in [-0.2, -0.15) is 8.97 Å². The lowest BCUT2D eigenvalue weighted by atomic mass is 10.1. The van der Waals surface area contributed by atoms with E-state index in [-0.39, 0.29) is 34.0 Å². The monoisotopic (exact) mass is 726 g/mol. The summed E-state index contributed by atoms with van der Waals surface area (Å²) in [5.74, 6) is -0.260. The normalized spacial score (nSPS) is 22.5. The summed E-state index contributed by atoms with van der Waals surface area (Å²) in [6, 6.07) is 21.5. The molecule has 2 fully saturated rings. The van der Waals surface area contributed by atoms with Crippen molar-refractivity contribution in [1.29, 1.82) is 0 Å². The maximum atomic E-state index is 15.0. The molecule has 0 radical (unpaired) electrons. The number of rotatable bonds is 8. The second kappa shape index (κ2) is 13.1. The fourth-order valence-corrected chi connectivity index (χ4v) is 9.91. The number of carbonyl (C=O) groups excluding carboxylic acids is 4. The molecule has 4 amide bonds. The number of carbonyl (C=O) groups is 4. The Morgan fingerprint density at radius 3 is 1.30 bits per heavy atom. The van der Waals surface area contributed by atoms with Gasteiger partial charge >= 0.3 is 24.0 Å². The van der Waals surface area contributed by atoms with E-state index in [4.69, 9.17) is 9.47 Å². The molecule has 2 saturated heterocycles. The Kier molecular flexibility index (Phi) is 8.22. The first-order chi connectivity index (χ1) is 25.9. The second-order valence-electron chi connectivity index (χ2n) is 13.9. The summed E-state index contributed by atoms with van der Waals surface area (Å²) >= 11 is 1.42. The van der Waals surface area contributed by atoms with Crippen molar-refractivity contribution >= 4 is 45.3 Å². The molecule has 0 N–H and O–H groups in total. The molecule has 2 aromatic carbocycles. The molecule has 53 heavy (non-hydrogen) atoms. The van der Waals surface area contributed by atoms with Gasteiger partial charge in [0.05, 0.1) is 0 Å². The Hall–Kier alpha value is -5.62. The lowest BCUT2D eigenvalue weighted by Crippen LogP contribution is -2.57. The van der Waals surface area contributed by atoms with Crippen molar-refractivity contribution in [2.24, 2.45) is 0 Å². The van der Waals surface area contributed by atoms with Gasteiger partial charge in [0, 0.05) is 73.8 Å². The van der Waals surface area contributed by atoms with Crippen LogP contribution in [0, 0.1) is 0 Å². The molecule has 266 valence electrons. The van der Waals surface area contributed by atoms with E-state index in [0.29, 0.717) is 38.8 Å². The zero-order valence-corrected chi connectivity index (χ0v) is 29.8. The smallest absolute Gasteiger partial charge is 0.410 e. The maximum Gasteiger partial charge on any atom is 0.410 e. The van der Waals surface area contributed by atoms with Crippen LogP contribution in [0.5, 0.6) is 0 Å². The third kappa shape index (κ3) is 5.13. The van der Waals surface area contributed by atoms with Crippen molar-refractivity contribution in [3.8, 4) is 0 Å². The number of hydrogen-bond acceptors (Lipinski definition) is 7. The lowest BCUT2D eigenvalue weighted by Gasteiger charge is -2.34. The lowest BCUT2D eigenvalue weighted by molar-refractivity contribution is -0.131. The van der Waals surface area contributed by atoms with E-state index in [9.17, 15) is 9.59 Å². The minimum absolute atomic E-state index is 0.125. The highest BCUT2D eigenvalue weighted by atomic mass is 32.1. The topological polar surface area (TPSA) is 93.2 Å². The first-order valence-corrected chi connectivity index (χ1v) is 18.9. The predicted molar refractivity (Wildman–Crippen MR) is 201 cm³/mol. The molecule has 4 bridgehead atoms. The minimum Gasteiger partial charge on any atom is -0.445 e. The molecule has 2 atom stereocenters. The number of hydrogen-bond donors (Lipinski definition) is 0. The SMILES string of the molecule is O=C(OCc1ccccc1)N1CCC[C@H]1C(=O)[N+]1(c2ccc([N+]3(C(=O)[C@@H]4CCCN4C(=O)OCc4ccccc4)C4=CC=C3C=C4)s2)C2=CC=C1C=C2. The summed E-state index contributed by atoms with van der Waals surface area (Å²) in [4.78, 5) is 60.1. The van der Waals surface area contributed by atoms with Crippen LogP contribution in [-0.2, 0) is 32.3 Å². The summed E-state index contributed by atoms with van der Waals surface area (Å²) in [7, 11) is 0. The maximum absolute atomic E-state index is 15.0. The molecule has 11 heteroatoms. The van der Waals surface area contributed by atoms with E-state index in [0.717, 1.165) is 43.9 Å². The van der Waals surface area contributed by atoms with Crippen molar-refractivity contribution < 1.29 is 28.7 Å². The number of nitrogens with zero attached hydrogens (tertiary/aromatic N) is 4. The van der Waals surface area contributed by atoms with E-state index >= 15 is 9.59 Å². The number of benzene rings is 2. The number of ether oxygens (including phenoxy) is 2. The highest BCUT2D eigenvalue weighted by molar-refractivity contribution is 7.20. The van der Waals surface area contributed by atoms with E-state index in [1.165, 1.54) is 11.3 Å². The Morgan fingerprint density at radius 2 is 0.943 bits per heavy atom. The van der Waals surface area contributed by atoms with E-state index < -0.39 is 24.3 Å². The standard InChI is InChI=1S/C42H38N4O6S/c47-39(35-13-7-25-43(35)41(49)51-27-29-9-3-1-4-10-29)45(31-15-16-32(45)18-17-31)37-23-24-38(53-37)46(33-19-20-34(46)22-21-33)40(48)36-14-8-26-44(36)42(50)52-28-30-11-5-2-6-12-30/h1-6,9-12,15-24,35-36H,7-8,13-14,25-28H2/q+2/t35-,36-/m0/s1. The van der Waals surface area contributed by atoms with Gasteiger partial charge in [0.2, 0.25) is 10.0 Å². The number of allylic oxidation sites excluding steroid dienone is 8. The van der Waals surface area contributed by atoms with Crippen molar-refractivity contribution in [2.75, 3.05) is 13.1 Å². The fourth-order valence-electron chi connectivity index (χ4n) is 8.55. The van der Waals surface area contributed by atoms with Crippen LogP contribution in [0.15, 0.2) is 144 Å². The number of quaternary nitrogens is 2. The molecular formula is C42H38N4O6S+2. The summed E-state index contributed by atoms with van der Waals surface area (Å²) in [6.45, 7) is 1.11. The van der Waals surface area contributed by atoms with Crippen molar-refractivity contribution in [1.82, 2.24) is 18.8 Å². The van der Waals surface area contributed by atoms with Gasteiger partial charge in [-0.15, -0.1) is 0 Å².